The molecule has 2 aromatic rings. The summed E-state index contributed by atoms with van der Waals surface area (Å²) in [5, 5.41) is 3.05. The van der Waals surface area contributed by atoms with Crippen molar-refractivity contribution < 1.29 is 27.1 Å². The van der Waals surface area contributed by atoms with Crippen LogP contribution in [0, 0.1) is 17.7 Å². The number of hydrogen-bond acceptors (Lipinski definition) is 5. The van der Waals surface area contributed by atoms with Gasteiger partial charge in [-0.05, 0) is 61.1 Å². The molecule has 35 heavy (non-hydrogen) atoms. The number of carbonyl (C=O) groups excluding carboxylic acids is 2. The molecule has 10 heteroatoms. The molecule has 2 aromatic carbocycles. The van der Waals surface area contributed by atoms with Crippen LogP contribution in [-0.4, -0.2) is 56.7 Å². The van der Waals surface area contributed by atoms with Crippen LogP contribution < -0.4 is 5.32 Å². The number of hydrogen-bond donors (Lipinski definition) is 1. The summed E-state index contributed by atoms with van der Waals surface area (Å²) in [5.41, 5.74) is 0.829. The third-order valence-corrected chi connectivity index (χ3v) is 8.80. The molecule has 2 amide bonds. The van der Waals surface area contributed by atoms with E-state index in [1.165, 1.54) is 30.3 Å². The third kappa shape index (κ3) is 4.57. The number of ether oxygens (including phenoxy) is 1. The number of sulfone groups is 1. The number of carbonyl (C=O) groups is 2. The number of halogens is 2. The Labute approximate surface area is 208 Å². The lowest BCUT2D eigenvalue weighted by Crippen LogP contribution is -2.52. The fourth-order valence-electron chi connectivity index (χ4n) is 5.23. The fourth-order valence-corrected chi connectivity index (χ4v) is 6.02. The second kappa shape index (κ2) is 9.19. The number of benzene rings is 2. The predicted octanol–water partition coefficient (Wildman–Crippen LogP) is 3.38. The Hall–Kier alpha value is -2.49. The van der Waals surface area contributed by atoms with Crippen molar-refractivity contribution in [2.75, 3.05) is 19.5 Å². The molecule has 2 aliphatic heterocycles. The summed E-state index contributed by atoms with van der Waals surface area (Å²) in [6.07, 6.45) is 3.36. The maximum absolute atomic E-state index is 14.2. The highest BCUT2D eigenvalue weighted by Crippen LogP contribution is 2.45. The monoisotopic (exact) mass is 520 g/mol. The quantitative estimate of drug-likeness (QED) is 0.630. The minimum atomic E-state index is -3.48. The van der Waals surface area contributed by atoms with Crippen molar-refractivity contribution in [1.29, 1.82) is 0 Å². The van der Waals surface area contributed by atoms with Gasteiger partial charge in [0.25, 0.3) is 5.91 Å². The molecule has 0 spiro atoms. The Bertz CT molecular complexity index is 1280. The second-order valence-corrected chi connectivity index (χ2v) is 12.0. The first-order valence-electron chi connectivity index (χ1n) is 11.6. The van der Waals surface area contributed by atoms with Gasteiger partial charge in [0.05, 0.1) is 29.2 Å². The molecular weight excluding hydrogens is 495 g/mol. The maximum Gasteiger partial charge on any atom is 0.254 e. The van der Waals surface area contributed by atoms with Gasteiger partial charge in [-0.2, -0.15) is 0 Å². The Morgan fingerprint density at radius 1 is 1.17 bits per heavy atom. The molecule has 1 saturated carbocycles. The summed E-state index contributed by atoms with van der Waals surface area (Å²) in [6, 6.07) is 9.17. The van der Waals surface area contributed by atoms with Crippen molar-refractivity contribution in [2.45, 2.75) is 42.3 Å². The number of nitrogens with one attached hydrogen (secondary N) is 1. The van der Waals surface area contributed by atoms with Crippen LogP contribution in [0.2, 0.25) is 5.02 Å². The summed E-state index contributed by atoms with van der Waals surface area (Å²) in [7, 11) is -3.48. The molecule has 3 fully saturated rings. The fraction of sp³-hybridized carbons (Fsp3) is 0.440. The van der Waals surface area contributed by atoms with Crippen LogP contribution in [0.5, 0.6) is 0 Å². The molecule has 1 aliphatic carbocycles. The van der Waals surface area contributed by atoms with Crippen molar-refractivity contribution in [3.05, 3.63) is 64.4 Å². The topological polar surface area (TPSA) is 92.8 Å². The average molecular weight is 521 g/mol. The smallest absolute Gasteiger partial charge is 0.254 e. The first kappa shape index (κ1) is 24.2. The minimum absolute atomic E-state index is 0.00384. The molecular formula is C25H26ClFN2O5S. The first-order valence-corrected chi connectivity index (χ1v) is 13.9. The van der Waals surface area contributed by atoms with Crippen LogP contribution in [-0.2, 0) is 19.4 Å². The Morgan fingerprint density at radius 3 is 2.54 bits per heavy atom. The van der Waals surface area contributed by atoms with Gasteiger partial charge in [-0.3, -0.25) is 9.59 Å². The van der Waals surface area contributed by atoms with Gasteiger partial charge in [0.15, 0.2) is 9.84 Å². The second-order valence-electron chi connectivity index (χ2n) is 9.63. The molecule has 0 aromatic heterocycles. The van der Waals surface area contributed by atoms with E-state index in [0.29, 0.717) is 25.2 Å². The van der Waals surface area contributed by atoms with E-state index in [1.807, 2.05) is 0 Å². The average Bonchev–Trinajstić information content (AvgIpc) is 3.03. The molecule has 3 aliphatic rings. The molecule has 0 radical (unpaired) electrons. The zero-order valence-electron chi connectivity index (χ0n) is 19.1. The lowest BCUT2D eigenvalue weighted by molar-refractivity contribution is -0.128. The molecule has 4 atom stereocenters. The van der Waals surface area contributed by atoms with Crippen molar-refractivity contribution in [3.8, 4) is 0 Å². The van der Waals surface area contributed by atoms with Crippen molar-refractivity contribution in [1.82, 2.24) is 10.2 Å². The molecule has 2 heterocycles. The highest BCUT2D eigenvalue weighted by atomic mass is 35.5. The van der Waals surface area contributed by atoms with Gasteiger partial charge in [-0.15, -0.1) is 0 Å². The van der Waals surface area contributed by atoms with E-state index >= 15 is 0 Å². The van der Waals surface area contributed by atoms with E-state index in [2.05, 4.69) is 5.32 Å². The Kier molecular flexibility index (Phi) is 6.35. The van der Waals surface area contributed by atoms with Crippen LogP contribution >= 0.6 is 11.6 Å². The normalized spacial score (nSPS) is 24.8. The summed E-state index contributed by atoms with van der Waals surface area (Å²) >= 11 is 5.84. The molecule has 1 N–H and O–H groups in total. The van der Waals surface area contributed by atoms with Crippen molar-refractivity contribution in [2.24, 2.45) is 11.8 Å². The summed E-state index contributed by atoms with van der Waals surface area (Å²) in [4.78, 5) is 28.8. The zero-order chi connectivity index (χ0) is 24.9. The molecule has 0 unspecified atom stereocenters. The van der Waals surface area contributed by atoms with E-state index in [9.17, 15) is 22.4 Å². The number of nitrogens with zero attached hydrogens (tertiary/aromatic N) is 1. The highest BCUT2D eigenvalue weighted by Gasteiger charge is 2.51. The molecule has 0 bridgehead atoms. The van der Waals surface area contributed by atoms with Crippen molar-refractivity contribution in [3.63, 3.8) is 0 Å². The standard InChI is InChI=1S/C25H26ClFN2O5S/c1-35(32,33)18-4-2-3-16(9-18)25(31)29-21-8-6-14(21)11-22(29)24(30)28-23(17-12-34-13-17)15-5-7-19(26)20(27)10-15/h2-5,7,9-10,14,17,21-23H,6,8,11-13H2,1H3,(H,28,30)/t14-,21-,22-,23+/m1/s1. The van der Waals surface area contributed by atoms with Gasteiger partial charge in [0.2, 0.25) is 5.91 Å². The highest BCUT2D eigenvalue weighted by molar-refractivity contribution is 7.90. The lowest BCUT2D eigenvalue weighted by atomic mass is 9.80. The molecule has 7 nitrogen and oxygen atoms in total. The maximum atomic E-state index is 14.2. The van der Waals surface area contributed by atoms with Crippen molar-refractivity contribution >= 4 is 33.3 Å². The summed E-state index contributed by atoms with van der Waals surface area (Å²) in [6.45, 7) is 0.873. The first-order chi connectivity index (χ1) is 16.6. The van der Waals surface area contributed by atoms with Gasteiger partial charge in [-0.1, -0.05) is 23.7 Å². The summed E-state index contributed by atoms with van der Waals surface area (Å²) in [5.74, 6) is -1.02. The van der Waals surface area contributed by atoms with E-state index in [0.717, 1.165) is 19.1 Å². The van der Waals surface area contributed by atoms with Crippen LogP contribution in [0.3, 0.4) is 0 Å². The summed E-state index contributed by atoms with van der Waals surface area (Å²) < 4.78 is 43.5. The van der Waals surface area contributed by atoms with Crippen LogP contribution in [0.25, 0.3) is 0 Å². The third-order valence-electron chi connectivity index (χ3n) is 7.38. The van der Waals surface area contributed by atoms with Gasteiger partial charge in [0.1, 0.15) is 11.9 Å². The van der Waals surface area contributed by atoms with E-state index in [1.54, 1.807) is 17.0 Å². The SMILES string of the molecule is CS(=O)(=O)c1cccc(C(=O)N2[C@@H](C(=O)N[C@@H](c3ccc(Cl)c(F)c3)C3COC3)C[C@H]3CC[C@H]32)c1. The largest absolute Gasteiger partial charge is 0.381 e. The zero-order valence-corrected chi connectivity index (χ0v) is 20.7. The molecule has 186 valence electrons. The van der Waals surface area contributed by atoms with Crippen LogP contribution in [0.1, 0.15) is 41.2 Å². The van der Waals surface area contributed by atoms with E-state index in [4.69, 9.17) is 16.3 Å². The molecule has 5 rings (SSSR count). The predicted molar refractivity (Wildman–Crippen MR) is 127 cm³/mol. The van der Waals surface area contributed by atoms with Crippen LogP contribution in [0.15, 0.2) is 47.4 Å². The Morgan fingerprint density at radius 2 is 1.94 bits per heavy atom. The van der Waals surface area contributed by atoms with Crippen LogP contribution in [0.4, 0.5) is 4.39 Å². The van der Waals surface area contributed by atoms with Gasteiger partial charge in [-0.25, -0.2) is 12.8 Å². The minimum Gasteiger partial charge on any atom is -0.381 e. The number of amides is 2. The number of rotatable bonds is 6. The molecule has 2 saturated heterocycles. The number of likely N-dealkylation sites (tertiary alicyclic amines) is 1. The Balaban J connectivity index is 1.41. The van der Waals surface area contributed by atoms with Gasteiger partial charge >= 0.3 is 0 Å². The van der Waals surface area contributed by atoms with E-state index < -0.39 is 27.7 Å². The number of fused-ring (bicyclic) bond motifs is 1. The van der Waals surface area contributed by atoms with E-state index in [-0.39, 0.29) is 45.2 Å². The van der Waals surface area contributed by atoms with Gasteiger partial charge < -0.3 is 15.0 Å². The lowest BCUT2D eigenvalue weighted by Gasteiger charge is -2.38. The van der Waals surface area contributed by atoms with Gasteiger partial charge in [0, 0.05) is 23.8 Å².